The van der Waals surface area contributed by atoms with E-state index in [9.17, 15) is 4.79 Å². The molecule has 0 spiro atoms. The van der Waals surface area contributed by atoms with E-state index < -0.39 is 5.97 Å². The molecule has 46 valence electrons. The quantitative estimate of drug-likeness (QED) is 0.538. The Kier molecular flexibility index (Phi) is 3.03. The van der Waals surface area contributed by atoms with Crippen molar-refractivity contribution in [2.45, 2.75) is 0 Å². The molecule has 0 rings (SSSR count). The van der Waals surface area contributed by atoms with Crippen molar-refractivity contribution in [1.82, 2.24) is 5.32 Å². The van der Waals surface area contributed by atoms with Crippen LogP contribution in [0.2, 0.25) is 0 Å². The van der Waals surface area contributed by atoms with Crippen LogP contribution in [0, 0.1) is 0 Å². The van der Waals surface area contributed by atoms with Gasteiger partial charge in [-0.15, -0.1) is 0 Å². The van der Waals surface area contributed by atoms with Crippen LogP contribution in [0.1, 0.15) is 0 Å². The molecule has 0 atom stereocenters. The van der Waals surface area contributed by atoms with Crippen molar-refractivity contribution in [2.24, 2.45) is 0 Å². The summed E-state index contributed by atoms with van der Waals surface area (Å²) in [6, 6.07) is 0. The van der Waals surface area contributed by atoms with Crippen molar-refractivity contribution < 1.29 is 9.90 Å². The first-order valence-corrected chi connectivity index (χ1v) is 2.32. The van der Waals surface area contributed by atoms with Crippen LogP contribution in [-0.2, 0) is 4.79 Å². The maximum Gasteiger partial charge on any atom is 0.348 e. The molecule has 0 unspecified atom stereocenters. The summed E-state index contributed by atoms with van der Waals surface area (Å²) >= 11 is 5.11. The molecule has 0 aliphatic carbocycles. The van der Waals surface area contributed by atoms with Crippen LogP contribution in [0.3, 0.4) is 0 Å². The van der Waals surface area contributed by atoms with Gasteiger partial charge in [-0.05, 0) is 0 Å². The summed E-state index contributed by atoms with van der Waals surface area (Å²) in [6.07, 6.45) is 1.20. The molecule has 0 aliphatic heterocycles. The molecule has 0 saturated heterocycles. The molecule has 0 saturated carbocycles. The number of carboxylic acid groups (broad SMARTS) is 1. The lowest BCUT2D eigenvalue weighted by Crippen LogP contribution is -2.00. The normalized spacial score (nSPS) is 11.0. The molecule has 3 nitrogen and oxygen atoms in total. The van der Waals surface area contributed by atoms with Crippen molar-refractivity contribution in [2.75, 3.05) is 7.05 Å². The summed E-state index contributed by atoms with van der Waals surface area (Å²) < 4.78 is 0. The highest BCUT2D eigenvalue weighted by atomic mass is 35.5. The lowest BCUT2D eigenvalue weighted by Gasteiger charge is -1.87. The number of aliphatic carboxylic acids is 1. The molecule has 0 aromatic rings. The van der Waals surface area contributed by atoms with E-state index in [1.807, 2.05) is 0 Å². The van der Waals surface area contributed by atoms with Crippen molar-refractivity contribution in [3.8, 4) is 0 Å². The summed E-state index contributed by atoms with van der Waals surface area (Å²) in [5.74, 6) is -1.12. The molecule has 2 N–H and O–H groups in total. The van der Waals surface area contributed by atoms with Crippen molar-refractivity contribution in [3.05, 3.63) is 11.2 Å². The zero-order valence-corrected chi connectivity index (χ0v) is 5.07. The maximum atomic E-state index is 9.85. The van der Waals surface area contributed by atoms with Gasteiger partial charge < -0.3 is 10.4 Å². The lowest BCUT2D eigenvalue weighted by atomic mass is 10.6. The van der Waals surface area contributed by atoms with E-state index in [-0.39, 0.29) is 5.03 Å². The summed E-state index contributed by atoms with van der Waals surface area (Å²) in [6.45, 7) is 0. The van der Waals surface area contributed by atoms with Gasteiger partial charge in [-0.3, -0.25) is 0 Å². The molecule has 4 heteroatoms. The molecular weight excluding hydrogens is 130 g/mol. The zero-order valence-electron chi connectivity index (χ0n) is 4.31. The second-order valence-electron chi connectivity index (χ2n) is 1.09. The van der Waals surface area contributed by atoms with Gasteiger partial charge in [-0.1, -0.05) is 11.6 Å². The summed E-state index contributed by atoms with van der Waals surface area (Å²) in [5.41, 5.74) is 0. The van der Waals surface area contributed by atoms with Crippen LogP contribution in [0.4, 0.5) is 0 Å². The number of nitrogens with one attached hydrogen (secondary N) is 1. The average Bonchev–Trinajstić information content (AvgIpc) is 1.67. The van der Waals surface area contributed by atoms with E-state index in [1.54, 1.807) is 7.05 Å². The van der Waals surface area contributed by atoms with E-state index in [1.165, 1.54) is 6.20 Å². The number of carboxylic acids is 1. The molecule has 0 aromatic heterocycles. The molecule has 0 bridgehead atoms. The highest BCUT2D eigenvalue weighted by Crippen LogP contribution is 1.96. The van der Waals surface area contributed by atoms with E-state index in [2.05, 4.69) is 5.32 Å². The minimum Gasteiger partial charge on any atom is -0.477 e. The van der Waals surface area contributed by atoms with Gasteiger partial charge in [0.05, 0.1) is 0 Å². The highest BCUT2D eigenvalue weighted by molar-refractivity contribution is 6.40. The fourth-order valence-corrected chi connectivity index (χ4v) is 0.298. The predicted molar refractivity (Wildman–Crippen MR) is 30.6 cm³/mol. The largest absolute Gasteiger partial charge is 0.477 e. The fraction of sp³-hybridized carbons (Fsp3) is 0.250. The molecule has 0 amide bonds. The van der Waals surface area contributed by atoms with Crippen LogP contribution in [0.25, 0.3) is 0 Å². The minimum atomic E-state index is -1.12. The van der Waals surface area contributed by atoms with Gasteiger partial charge in [0, 0.05) is 13.2 Å². The third-order valence-electron chi connectivity index (χ3n) is 0.475. The van der Waals surface area contributed by atoms with Crippen molar-refractivity contribution in [1.29, 1.82) is 0 Å². The Morgan fingerprint density at radius 3 is 2.50 bits per heavy atom. The van der Waals surface area contributed by atoms with Crippen LogP contribution in [0.15, 0.2) is 11.2 Å². The molecule has 0 radical (unpaired) electrons. The number of carbonyl (C=O) groups is 1. The fourth-order valence-electron chi connectivity index (χ4n) is 0.188. The highest BCUT2D eigenvalue weighted by Gasteiger charge is 1.98. The number of halogens is 1. The number of hydrogen-bond acceptors (Lipinski definition) is 2. The second kappa shape index (κ2) is 3.32. The Balaban J connectivity index is 3.80. The first kappa shape index (κ1) is 7.30. The predicted octanol–water partition coefficient (Wildman–Crippen LogP) is 0.371. The molecule has 0 aromatic carbocycles. The Morgan fingerprint density at radius 2 is 2.38 bits per heavy atom. The van der Waals surface area contributed by atoms with E-state index in [4.69, 9.17) is 16.7 Å². The van der Waals surface area contributed by atoms with E-state index in [0.29, 0.717) is 0 Å². The van der Waals surface area contributed by atoms with Gasteiger partial charge in [0.1, 0.15) is 5.03 Å². The van der Waals surface area contributed by atoms with Crippen LogP contribution >= 0.6 is 11.6 Å². The minimum absolute atomic E-state index is 0.215. The Bertz CT molecular complexity index is 121. The van der Waals surface area contributed by atoms with Gasteiger partial charge >= 0.3 is 5.97 Å². The maximum absolute atomic E-state index is 9.85. The number of hydrogen-bond donors (Lipinski definition) is 2. The van der Waals surface area contributed by atoms with Crippen LogP contribution in [-0.4, -0.2) is 18.1 Å². The summed E-state index contributed by atoms with van der Waals surface area (Å²) in [7, 11) is 1.57. The van der Waals surface area contributed by atoms with Gasteiger partial charge in [-0.2, -0.15) is 0 Å². The molecule has 8 heavy (non-hydrogen) atoms. The second-order valence-corrected chi connectivity index (χ2v) is 1.49. The first-order chi connectivity index (χ1) is 3.68. The van der Waals surface area contributed by atoms with Gasteiger partial charge in [0.25, 0.3) is 0 Å². The Hall–Kier alpha value is -0.700. The standard InChI is InChI=1S/C4H6ClNO2/c1-6-2-3(5)4(7)8/h2,6H,1H3,(H,7,8). The van der Waals surface area contributed by atoms with Gasteiger partial charge in [0.2, 0.25) is 0 Å². The topological polar surface area (TPSA) is 49.3 Å². The molecule has 0 fully saturated rings. The third kappa shape index (κ3) is 2.47. The zero-order chi connectivity index (χ0) is 6.57. The number of rotatable bonds is 2. The summed E-state index contributed by atoms with van der Waals surface area (Å²) in [5, 5.41) is 10.3. The summed E-state index contributed by atoms with van der Waals surface area (Å²) in [4.78, 5) is 9.85. The molecular formula is C4H6ClNO2. The third-order valence-corrected chi connectivity index (χ3v) is 0.746. The van der Waals surface area contributed by atoms with E-state index in [0.717, 1.165) is 0 Å². The van der Waals surface area contributed by atoms with Gasteiger partial charge in [0.15, 0.2) is 0 Å². The smallest absolute Gasteiger partial charge is 0.348 e. The molecule has 0 aliphatic rings. The van der Waals surface area contributed by atoms with Crippen molar-refractivity contribution >= 4 is 17.6 Å². The van der Waals surface area contributed by atoms with Crippen molar-refractivity contribution in [3.63, 3.8) is 0 Å². The Labute approximate surface area is 52.0 Å². The monoisotopic (exact) mass is 135 g/mol. The Morgan fingerprint density at radius 1 is 1.88 bits per heavy atom. The molecule has 0 heterocycles. The SMILES string of the molecule is CNC=C(Cl)C(=O)O. The van der Waals surface area contributed by atoms with Crippen LogP contribution in [0.5, 0.6) is 0 Å². The lowest BCUT2D eigenvalue weighted by molar-refractivity contribution is -0.131. The first-order valence-electron chi connectivity index (χ1n) is 1.94. The average molecular weight is 136 g/mol. The van der Waals surface area contributed by atoms with Crippen LogP contribution < -0.4 is 5.32 Å². The van der Waals surface area contributed by atoms with E-state index >= 15 is 0 Å². The van der Waals surface area contributed by atoms with Gasteiger partial charge in [-0.25, -0.2) is 4.79 Å².